The highest BCUT2D eigenvalue weighted by molar-refractivity contribution is 5.67. The van der Waals surface area contributed by atoms with Crippen molar-refractivity contribution in [2.24, 2.45) is 0 Å². The van der Waals surface area contributed by atoms with Crippen LogP contribution in [0.15, 0.2) is 0 Å². The highest BCUT2D eigenvalue weighted by Gasteiger charge is 1.81. The standard InChI is InChI=1S/C30H4O2.28H2/c1-3-4-5-6-7-8-9-10-11-12-13-14-15-16-17-18-19-20-21-22-23-24-25-26-27-28-29-32-30(2)31;;;;;;;;;;;;;;;;;;;;;;;;;;;;/h1H,2H3;28*1H. The second-order valence-corrected chi connectivity index (χ2v) is 3.97. The number of carbonyl (C=O) groups excluding carboxylic acids is 1. The summed E-state index contributed by atoms with van der Waals surface area (Å²) in [6.07, 6.45) is 7.01. The molecule has 0 aliphatic heterocycles. The van der Waals surface area contributed by atoms with E-state index in [4.69, 9.17) is 6.42 Å². The Labute approximate surface area is 230 Å². The molecule has 0 aromatic carbocycles. The molecular formula is C30H60O2. The van der Waals surface area contributed by atoms with Crippen molar-refractivity contribution in [1.29, 1.82) is 0 Å². The lowest BCUT2D eigenvalue weighted by Crippen LogP contribution is -1.89. The van der Waals surface area contributed by atoms with E-state index in [1.54, 1.807) is 0 Å². The minimum absolute atomic E-state index is 0. The molecule has 0 unspecified atom stereocenters. The maximum atomic E-state index is 10.4. The molecule has 0 aromatic heterocycles. The minimum atomic E-state index is -0.512. The molecule has 0 rings (SSSR count). The molecule has 0 aromatic rings. The van der Waals surface area contributed by atoms with Crippen LogP contribution in [0.5, 0.6) is 0 Å². The van der Waals surface area contributed by atoms with Crippen molar-refractivity contribution >= 4 is 5.97 Å². The van der Waals surface area contributed by atoms with E-state index in [-0.39, 0.29) is 39.9 Å². The molecule has 0 aliphatic carbocycles. The van der Waals surface area contributed by atoms with Gasteiger partial charge >= 0.3 is 5.97 Å². The summed E-state index contributed by atoms with van der Waals surface area (Å²) in [5.41, 5.74) is 0. The predicted molar refractivity (Wildman–Crippen MR) is 181 cm³/mol. The summed E-state index contributed by atoms with van der Waals surface area (Å²) in [6, 6.07) is 0. The fourth-order valence-electron chi connectivity index (χ4n) is 0.878. The lowest BCUT2D eigenvalue weighted by molar-refractivity contribution is -0.134. The monoisotopic (exact) mass is 452 g/mol. The maximum absolute atomic E-state index is 10.4. The number of rotatable bonds is 0. The van der Waals surface area contributed by atoms with Crippen LogP contribution in [0.2, 0.25) is 0 Å². The minimum Gasteiger partial charge on any atom is -0.371 e. The highest BCUT2D eigenvalue weighted by Crippen LogP contribution is 1.68. The van der Waals surface area contributed by atoms with Gasteiger partial charge in [0.05, 0.1) is 0 Å². The summed E-state index contributed by atoms with van der Waals surface area (Å²) in [5.74, 6) is 62.7. The summed E-state index contributed by atoms with van der Waals surface area (Å²) < 4.78 is 4.35. The predicted octanol–water partition coefficient (Wildman–Crippen LogP) is 7.07. The zero-order chi connectivity index (χ0) is 23.4. The number of hydrogen-bond donors (Lipinski definition) is 0. The lowest BCUT2D eigenvalue weighted by Gasteiger charge is -1.79. The van der Waals surface area contributed by atoms with Gasteiger partial charge in [0.25, 0.3) is 0 Å². The normalized spacial score (nSPS) is 4.38. The van der Waals surface area contributed by atoms with E-state index in [1.807, 2.05) is 0 Å². The van der Waals surface area contributed by atoms with Crippen LogP contribution in [0.1, 0.15) is 46.9 Å². The smallest absolute Gasteiger partial charge is 0.316 e. The first-order valence-electron chi connectivity index (χ1n) is 7.90. The van der Waals surface area contributed by atoms with Gasteiger partial charge in [0.15, 0.2) is 0 Å². The summed E-state index contributed by atoms with van der Waals surface area (Å²) in [5, 5.41) is 0. The van der Waals surface area contributed by atoms with Crippen LogP contribution in [0.3, 0.4) is 0 Å². The molecule has 32 heavy (non-hydrogen) atoms. The number of terminal acetylenes is 1. The largest absolute Gasteiger partial charge is 0.371 e. The van der Waals surface area contributed by atoms with Crippen molar-refractivity contribution in [3.05, 3.63) is 0 Å². The van der Waals surface area contributed by atoms with Crippen molar-refractivity contribution in [1.82, 2.24) is 0 Å². The Balaban J connectivity index is -0.0000000127. The first-order chi connectivity index (χ1) is 15.8. The molecule has 0 aliphatic rings. The van der Waals surface area contributed by atoms with Crippen molar-refractivity contribution in [3.8, 4) is 166 Å². The van der Waals surface area contributed by atoms with Crippen molar-refractivity contribution in [3.63, 3.8) is 0 Å². The van der Waals surface area contributed by atoms with Gasteiger partial charge in [0.2, 0.25) is 0 Å². The molecule has 2 nitrogen and oxygen atoms in total. The highest BCUT2D eigenvalue weighted by atomic mass is 16.5. The molecule has 0 bridgehead atoms. The zero-order valence-electron chi connectivity index (χ0n) is 16.4. The molecule has 0 amide bonds. The Morgan fingerprint density at radius 1 is 0.469 bits per heavy atom. The van der Waals surface area contributed by atoms with Gasteiger partial charge in [-0.25, -0.2) is 0 Å². The summed E-state index contributed by atoms with van der Waals surface area (Å²) >= 11 is 0. The van der Waals surface area contributed by atoms with Crippen LogP contribution in [-0.2, 0) is 9.53 Å². The van der Waals surface area contributed by atoms with Gasteiger partial charge in [-0.2, -0.15) is 0 Å². The summed E-state index contributed by atoms with van der Waals surface area (Å²) in [4.78, 5) is 10.4. The van der Waals surface area contributed by atoms with E-state index in [2.05, 4.69) is 165 Å². The van der Waals surface area contributed by atoms with Gasteiger partial charge in [-0.1, -0.05) is 0 Å². The number of esters is 1. The molecule has 0 N–H and O–H groups in total. The number of carbonyl (C=O) groups is 1. The summed E-state index contributed by atoms with van der Waals surface area (Å²) in [6.45, 7) is 1.23. The Hall–Kier alpha value is -6.69. The molecule has 0 heterocycles. The Morgan fingerprint density at radius 3 is 0.906 bits per heavy atom. The van der Waals surface area contributed by atoms with Crippen LogP contribution in [-0.4, -0.2) is 5.97 Å². The van der Waals surface area contributed by atoms with Gasteiger partial charge in [-0.3, -0.25) is 4.79 Å². The Morgan fingerprint density at radius 2 is 0.688 bits per heavy atom. The van der Waals surface area contributed by atoms with Gasteiger partial charge < -0.3 is 4.74 Å². The van der Waals surface area contributed by atoms with Gasteiger partial charge in [0.1, 0.15) is 6.11 Å². The van der Waals surface area contributed by atoms with Crippen LogP contribution < -0.4 is 0 Å². The van der Waals surface area contributed by atoms with Crippen molar-refractivity contribution < 1.29 is 49.5 Å². The SMILES string of the molecule is C#CC#CC#CC#CC#CC#CC#CC#CC#CC#CC#CC#CC#CC#COC(C)=O.[HH].[HH].[HH].[HH].[HH].[HH].[HH].[HH].[HH].[HH].[HH].[HH].[HH].[HH].[HH].[HH].[HH].[HH].[HH].[HH].[HH].[HH].[HH].[HH].[HH].[HH].[HH].[HH]. The molecule has 0 atom stereocenters. The van der Waals surface area contributed by atoms with Gasteiger partial charge in [0, 0.05) is 153 Å². The third kappa shape index (κ3) is 23.3. The van der Waals surface area contributed by atoms with Crippen LogP contribution in [0.25, 0.3) is 0 Å². The van der Waals surface area contributed by atoms with Gasteiger partial charge in [-0.15, -0.1) is 6.42 Å². The third-order valence-corrected chi connectivity index (χ3v) is 1.82. The zero-order valence-corrected chi connectivity index (χ0v) is 16.4. The molecule has 192 valence electrons. The second kappa shape index (κ2) is 22.4. The van der Waals surface area contributed by atoms with E-state index in [9.17, 15) is 4.79 Å². The molecule has 2 heteroatoms. The molecule has 0 spiro atoms. The molecule has 0 saturated carbocycles. The topological polar surface area (TPSA) is 26.3 Å². The average Bonchev–Trinajstić information content (AvgIpc) is 2.78. The number of ether oxygens (including phenoxy) is 1. The first kappa shape index (κ1) is 25.3. The molecule has 0 fully saturated rings. The van der Waals surface area contributed by atoms with Crippen molar-refractivity contribution in [2.45, 2.75) is 6.92 Å². The molecule has 0 radical (unpaired) electrons. The summed E-state index contributed by atoms with van der Waals surface area (Å²) in [7, 11) is 0. The fraction of sp³-hybridized carbons (Fsp3) is 0.0333. The number of hydrogen-bond acceptors (Lipinski definition) is 2. The van der Waals surface area contributed by atoms with E-state index in [1.165, 1.54) is 6.92 Å². The lowest BCUT2D eigenvalue weighted by atomic mass is 10.4. The van der Waals surface area contributed by atoms with Crippen molar-refractivity contribution in [2.75, 3.05) is 0 Å². The molecule has 0 saturated heterocycles. The van der Waals surface area contributed by atoms with E-state index >= 15 is 0 Å². The molecular weight excluding hydrogens is 392 g/mol. The van der Waals surface area contributed by atoms with E-state index in [0.29, 0.717) is 0 Å². The Kier molecular flexibility index (Phi) is 17.7. The van der Waals surface area contributed by atoms with E-state index in [0.717, 1.165) is 0 Å². The van der Waals surface area contributed by atoms with E-state index < -0.39 is 5.97 Å². The van der Waals surface area contributed by atoms with Crippen LogP contribution >= 0.6 is 0 Å². The maximum Gasteiger partial charge on any atom is 0.316 e. The quantitative estimate of drug-likeness (QED) is 0.290. The third-order valence-electron chi connectivity index (χ3n) is 1.82. The Bertz CT molecular complexity index is 1700. The van der Waals surface area contributed by atoms with Crippen LogP contribution in [0.4, 0.5) is 0 Å². The first-order valence-corrected chi connectivity index (χ1v) is 7.90. The van der Waals surface area contributed by atoms with Crippen LogP contribution in [0, 0.1) is 166 Å². The fourth-order valence-corrected chi connectivity index (χ4v) is 0.878. The second-order valence-electron chi connectivity index (χ2n) is 3.97. The van der Waals surface area contributed by atoms with Gasteiger partial charge in [-0.05, 0) is 47.4 Å². The average molecular weight is 453 g/mol.